The van der Waals surface area contributed by atoms with E-state index in [0.29, 0.717) is 18.2 Å². The molecule has 0 saturated heterocycles. The lowest BCUT2D eigenvalue weighted by molar-refractivity contribution is 0.669. The molecule has 1 atom stereocenters. The Kier molecular flexibility index (Phi) is 10.3. The van der Waals surface area contributed by atoms with Crippen LogP contribution in [0.1, 0.15) is 59.2 Å². The van der Waals surface area contributed by atoms with Crippen LogP contribution in [-0.2, 0) is 12.0 Å². The molecule has 0 fully saturated rings. The molecule has 0 saturated carbocycles. The van der Waals surface area contributed by atoms with Crippen LogP contribution in [0.2, 0.25) is 0 Å². The van der Waals surface area contributed by atoms with Crippen molar-refractivity contribution in [1.29, 1.82) is 0 Å². The summed E-state index contributed by atoms with van der Waals surface area (Å²) in [6.45, 7) is 8.75. The van der Waals surface area contributed by atoms with E-state index in [1.807, 2.05) is 60.7 Å². The van der Waals surface area contributed by atoms with Crippen LogP contribution in [0.3, 0.4) is 0 Å². The summed E-state index contributed by atoms with van der Waals surface area (Å²) in [7, 11) is 2.15. The fraction of sp³-hybridized carbons (Fsp3) is 0.0984. The van der Waals surface area contributed by atoms with E-state index in [1.165, 1.54) is 55.7 Å². The number of benzene rings is 8. The number of amidine groups is 2. The molecule has 1 unspecified atom stereocenters. The molecule has 5 heteroatoms. The average molecular weight is 853 g/mol. The van der Waals surface area contributed by atoms with Crippen LogP contribution in [0, 0.1) is 0 Å². The van der Waals surface area contributed by atoms with Gasteiger partial charge in [-0.2, -0.15) is 0 Å². The quantitative estimate of drug-likeness (QED) is 0.107. The number of anilines is 2. The fourth-order valence-electron chi connectivity index (χ4n) is 10.5. The highest BCUT2D eigenvalue weighted by Crippen LogP contribution is 2.63. The first kappa shape index (κ1) is 40.6. The third-order valence-electron chi connectivity index (χ3n) is 13.5. The van der Waals surface area contributed by atoms with Gasteiger partial charge in [-0.15, -0.1) is 0 Å². The van der Waals surface area contributed by atoms with Crippen LogP contribution in [0.15, 0.2) is 225 Å². The lowest BCUT2D eigenvalue weighted by Crippen LogP contribution is -2.26. The van der Waals surface area contributed by atoms with Gasteiger partial charge >= 0.3 is 0 Å². The van der Waals surface area contributed by atoms with Crippen molar-refractivity contribution >= 4 is 57.3 Å². The zero-order valence-corrected chi connectivity index (χ0v) is 37.4. The predicted octanol–water partition coefficient (Wildman–Crippen LogP) is 15.2. The van der Waals surface area contributed by atoms with Gasteiger partial charge in [-0.25, -0.2) is 9.98 Å². The molecular weight excluding hydrogens is 805 g/mol. The molecule has 9 aromatic rings. The molecular formula is C61H48N4O. The van der Waals surface area contributed by atoms with Gasteiger partial charge in [-0.1, -0.05) is 165 Å². The molecule has 2 aliphatic rings. The van der Waals surface area contributed by atoms with Gasteiger partial charge in [-0.3, -0.25) is 4.99 Å². The number of furan rings is 1. The number of nitrogens with zero attached hydrogens (tertiary/aromatic N) is 4. The maximum absolute atomic E-state index is 6.18. The number of allylic oxidation sites excluding steroid dienone is 4. The van der Waals surface area contributed by atoms with E-state index in [0.717, 1.165) is 56.4 Å². The van der Waals surface area contributed by atoms with E-state index in [1.54, 1.807) is 0 Å². The minimum atomic E-state index is -0.356. The molecule has 0 bridgehead atoms. The van der Waals surface area contributed by atoms with Crippen molar-refractivity contribution in [2.24, 2.45) is 15.0 Å². The standard InChI is InChI=1S/C61H48N4O/c1-5-18-52-45(6-2)47-22-10-14-25-53(47)61(52)54-26-15-11-23-48(54)51-37-42(32-36-55(51)61)46-21-12-16-27-56(46)65(4)44-33-29-40(30-34-44)39-63-60(41-19-8-7-9-20-41)64-59(62-3)43-31-35-50-49-24-13-17-28-57(49)66-58(50)38-43/h5,7-38H,3,6,39H2,1-2,4H3/b18-5-,63-60?,64-59?. The fourth-order valence-corrected chi connectivity index (χ4v) is 10.5. The first-order valence-corrected chi connectivity index (χ1v) is 22.7. The Morgan fingerprint density at radius 1 is 0.606 bits per heavy atom. The predicted molar refractivity (Wildman–Crippen MR) is 277 cm³/mol. The van der Waals surface area contributed by atoms with Crippen molar-refractivity contribution in [3.8, 4) is 22.3 Å². The highest BCUT2D eigenvalue weighted by atomic mass is 16.3. The smallest absolute Gasteiger partial charge is 0.161 e. The van der Waals surface area contributed by atoms with E-state index in [4.69, 9.17) is 14.4 Å². The lowest BCUT2D eigenvalue weighted by Gasteiger charge is -2.31. The Balaban J connectivity index is 0.905. The Hall–Kier alpha value is -8.15. The second-order valence-electron chi connectivity index (χ2n) is 17.0. The van der Waals surface area contributed by atoms with Gasteiger partial charge in [0, 0.05) is 45.9 Å². The van der Waals surface area contributed by atoms with Gasteiger partial charge in [0.15, 0.2) is 11.7 Å². The van der Waals surface area contributed by atoms with Crippen molar-refractivity contribution in [3.05, 3.63) is 245 Å². The van der Waals surface area contributed by atoms with Crippen molar-refractivity contribution in [2.75, 3.05) is 11.9 Å². The molecule has 1 spiro atoms. The summed E-state index contributed by atoms with van der Waals surface area (Å²) in [5, 5.41) is 2.13. The van der Waals surface area contributed by atoms with Crippen LogP contribution in [0.5, 0.6) is 0 Å². The lowest BCUT2D eigenvalue weighted by atomic mass is 9.69. The third-order valence-corrected chi connectivity index (χ3v) is 13.5. The number of hydrogen-bond acceptors (Lipinski definition) is 3. The van der Waals surface area contributed by atoms with Crippen LogP contribution >= 0.6 is 0 Å². The highest BCUT2D eigenvalue weighted by Gasteiger charge is 2.51. The summed E-state index contributed by atoms with van der Waals surface area (Å²) >= 11 is 0. The Morgan fingerprint density at radius 3 is 2.05 bits per heavy atom. The first-order valence-electron chi connectivity index (χ1n) is 22.7. The molecule has 5 nitrogen and oxygen atoms in total. The molecule has 0 N–H and O–H groups in total. The Bertz CT molecular complexity index is 3480. The second-order valence-corrected chi connectivity index (χ2v) is 17.0. The molecule has 11 rings (SSSR count). The number of para-hydroxylation sites is 2. The SMILES string of the molecule is C=NC(=NC(=NCc1ccc(N(C)c2ccccc2-c2ccc3c(c2)-c2ccccc2C32C(/C=C\C)=C(CC)c3ccccc32)cc1)c1ccccc1)c1ccc2c(c1)oc1ccccc12. The molecule has 2 aliphatic carbocycles. The molecule has 0 amide bonds. The number of fused-ring (bicyclic) bond motifs is 10. The number of hydrogen-bond donors (Lipinski definition) is 0. The molecule has 1 heterocycles. The Labute approximate surface area is 386 Å². The normalized spacial score (nSPS) is 15.5. The van der Waals surface area contributed by atoms with E-state index < -0.39 is 0 Å². The van der Waals surface area contributed by atoms with Crippen molar-refractivity contribution in [1.82, 2.24) is 0 Å². The first-order chi connectivity index (χ1) is 32.5. The van der Waals surface area contributed by atoms with E-state index in [-0.39, 0.29) is 5.41 Å². The van der Waals surface area contributed by atoms with Gasteiger partial charge in [0.25, 0.3) is 0 Å². The number of aliphatic imine (C=N–C) groups is 3. The van der Waals surface area contributed by atoms with Gasteiger partial charge in [0.2, 0.25) is 0 Å². The van der Waals surface area contributed by atoms with Crippen molar-refractivity contribution < 1.29 is 4.42 Å². The van der Waals surface area contributed by atoms with Crippen LogP contribution in [0.25, 0.3) is 49.8 Å². The van der Waals surface area contributed by atoms with E-state index in [2.05, 4.69) is 177 Å². The van der Waals surface area contributed by atoms with Gasteiger partial charge in [0.1, 0.15) is 11.2 Å². The summed E-state index contributed by atoms with van der Waals surface area (Å²) < 4.78 is 6.18. The Morgan fingerprint density at radius 2 is 1.27 bits per heavy atom. The van der Waals surface area contributed by atoms with E-state index in [9.17, 15) is 0 Å². The monoisotopic (exact) mass is 852 g/mol. The zero-order valence-electron chi connectivity index (χ0n) is 37.4. The molecule has 0 aliphatic heterocycles. The minimum Gasteiger partial charge on any atom is -0.456 e. The van der Waals surface area contributed by atoms with Crippen molar-refractivity contribution in [2.45, 2.75) is 32.2 Å². The highest BCUT2D eigenvalue weighted by molar-refractivity contribution is 6.14. The number of rotatable bonds is 9. The summed E-state index contributed by atoms with van der Waals surface area (Å²) in [5.41, 5.74) is 19.5. The van der Waals surface area contributed by atoms with Gasteiger partial charge in [-0.05, 0) is 118 Å². The topological polar surface area (TPSA) is 53.5 Å². The largest absolute Gasteiger partial charge is 0.456 e. The molecule has 318 valence electrons. The third kappa shape index (κ3) is 6.58. The van der Waals surface area contributed by atoms with Crippen molar-refractivity contribution in [3.63, 3.8) is 0 Å². The summed E-state index contributed by atoms with van der Waals surface area (Å²) in [6.07, 6.45) is 5.54. The van der Waals surface area contributed by atoms with E-state index >= 15 is 0 Å². The summed E-state index contributed by atoms with van der Waals surface area (Å²) in [5.74, 6) is 1.06. The van der Waals surface area contributed by atoms with Crippen LogP contribution < -0.4 is 4.90 Å². The molecule has 66 heavy (non-hydrogen) atoms. The van der Waals surface area contributed by atoms with Gasteiger partial charge < -0.3 is 9.32 Å². The van der Waals surface area contributed by atoms with Gasteiger partial charge in [0.05, 0.1) is 12.0 Å². The van der Waals surface area contributed by atoms with Crippen LogP contribution in [-0.4, -0.2) is 25.4 Å². The minimum absolute atomic E-state index is 0.356. The van der Waals surface area contributed by atoms with Crippen LogP contribution in [0.4, 0.5) is 11.4 Å². The maximum atomic E-state index is 6.18. The molecule has 1 aromatic heterocycles. The second kappa shape index (κ2) is 16.8. The maximum Gasteiger partial charge on any atom is 0.161 e. The zero-order chi connectivity index (χ0) is 44.8. The molecule has 8 aromatic carbocycles. The summed E-state index contributed by atoms with van der Waals surface area (Å²) in [6, 6.07) is 66.8. The molecule has 0 radical (unpaired) electrons. The summed E-state index contributed by atoms with van der Waals surface area (Å²) in [4.78, 5) is 16.7. The average Bonchev–Trinajstić information content (AvgIpc) is 3.99.